The van der Waals surface area contributed by atoms with E-state index in [4.69, 9.17) is 14.2 Å². The van der Waals surface area contributed by atoms with Crippen LogP contribution in [0.3, 0.4) is 0 Å². The number of hydrogen-bond donors (Lipinski definition) is 0. The predicted octanol–water partition coefficient (Wildman–Crippen LogP) is 26.3. The number of hydrogen-bond acceptors (Lipinski definition) is 6. The Morgan fingerprint density at radius 1 is 0.229 bits per heavy atom. The zero-order valence-electron chi connectivity index (χ0n) is 56.8. The van der Waals surface area contributed by atoms with Crippen LogP contribution in [0.15, 0.2) is 12.2 Å². The highest BCUT2D eigenvalue weighted by atomic mass is 16.6. The van der Waals surface area contributed by atoms with Gasteiger partial charge in [0.05, 0.1) is 0 Å². The molecule has 0 aliphatic heterocycles. The fourth-order valence-corrected chi connectivity index (χ4v) is 12.0. The van der Waals surface area contributed by atoms with Crippen molar-refractivity contribution in [3.8, 4) is 0 Å². The SMILES string of the molecule is CCCCCCCCCC/C=C\CCCCCCCCCCCCCCCC(=O)OCC(COC(=O)CCCCCCCCCCCCCCCCCCCC)OC(=O)CCCCCCCCCCCCCCCCCCCCCCCC. The van der Waals surface area contributed by atoms with Crippen molar-refractivity contribution in [3.63, 3.8) is 0 Å². The summed E-state index contributed by atoms with van der Waals surface area (Å²) < 4.78 is 17.1. The van der Waals surface area contributed by atoms with E-state index in [1.54, 1.807) is 0 Å². The molecule has 0 aromatic heterocycles. The second-order valence-electron chi connectivity index (χ2n) is 26.3. The van der Waals surface area contributed by atoms with Crippen LogP contribution in [0.25, 0.3) is 0 Å². The Balaban J connectivity index is 4.26. The molecule has 0 rings (SSSR count). The van der Waals surface area contributed by atoms with Crippen LogP contribution in [0.2, 0.25) is 0 Å². The number of unbranched alkanes of at least 4 members (excludes halogenated alkanes) is 59. The second-order valence-corrected chi connectivity index (χ2v) is 26.3. The molecule has 492 valence electrons. The normalized spacial score (nSPS) is 12.0. The van der Waals surface area contributed by atoms with Gasteiger partial charge in [0.2, 0.25) is 0 Å². The Kier molecular flexibility index (Phi) is 71.0. The second kappa shape index (κ2) is 72.6. The number of carbonyl (C=O) groups is 3. The van der Waals surface area contributed by atoms with E-state index >= 15 is 0 Å². The van der Waals surface area contributed by atoms with Gasteiger partial charge in [-0.15, -0.1) is 0 Å². The first-order valence-electron chi connectivity index (χ1n) is 38.2. The molecular formula is C77H148O6. The molecule has 0 aliphatic carbocycles. The molecule has 1 atom stereocenters. The van der Waals surface area contributed by atoms with E-state index in [1.165, 1.54) is 347 Å². The quantitative estimate of drug-likeness (QED) is 0.0261. The van der Waals surface area contributed by atoms with Crippen molar-refractivity contribution in [1.82, 2.24) is 0 Å². The van der Waals surface area contributed by atoms with E-state index in [1.807, 2.05) is 0 Å². The van der Waals surface area contributed by atoms with Gasteiger partial charge < -0.3 is 14.2 Å². The summed E-state index contributed by atoms with van der Waals surface area (Å²) in [6.45, 7) is 6.75. The summed E-state index contributed by atoms with van der Waals surface area (Å²) >= 11 is 0. The smallest absolute Gasteiger partial charge is 0.306 e. The van der Waals surface area contributed by atoms with E-state index in [9.17, 15) is 14.4 Å². The Morgan fingerprint density at radius 3 is 0.602 bits per heavy atom. The molecule has 0 aromatic carbocycles. The van der Waals surface area contributed by atoms with Crippen molar-refractivity contribution in [2.45, 2.75) is 451 Å². The van der Waals surface area contributed by atoms with Gasteiger partial charge in [-0.05, 0) is 44.9 Å². The summed E-state index contributed by atoms with van der Waals surface area (Å²) in [4.78, 5) is 38.6. The van der Waals surface area contributed by atoms with Crippen LogP contribution in [0.4, 0.5) is 0 Å². The van der Waals surface area contributed by atoms with Gasteiger partial charge in [0.15, 0.2) is 6.10 Å². The Hall–Kier alpha value is -1.85. The largest absolute Gasteiger partial charge is 0.462 e. The first-order chi connectivity index (χ1) is 41.0. The Labute approximate surface area is 520 Å². The molecule has 83 heavy (non-hydrogen) atoms. The maximum atomic E-state index is 13.0. The van der Waals surface area contributed by atoms with Crippen LogP contribution in [-0.4, -0.2) is 37.2 Å². The third kappa shape index (κ3) is 70.8. The summed E-state index contributed by atoms with van der Waals surface area (Å²) in [5.41, 5.74) is 0. The predicted molar refractivity (Wildman–Crippen MR) is 363 cm³/mol. The van der Waals surface area contributed by atoms with E-state index < -0.39 is 6.10 Å². The lowest BCUT2D eigenvalue weighted by atomic mass is 10.0. The molecule has 0 bridgehead atoms. The summed E-state index contributed by atoms with van der Waals surface area (Å²) in [5.74, 6) is -0.819. The highest BCUT2D eigenvalue weighted by Gasteiger charge is 2.20. The van der Waals surface area contributed by atoms with E-state index in [-0.39, 0.29) is 31.1 Å². The monoisotopic (exact) mass is 1170 g/mol. The van der Waals surface area contributed by atoms with E-state index in [0.29, 0.717) is 19.3 Å². The molecule has 0 heterocycles. The number of rotatable bonds is 72. The molecule has 0 saturated carbocycles. The van der Waals surface area contributed by atoms with Gasteiger partial charge in [-0.2, -0.15) is 0 Å². The van der Waals surface area contributed by atoms with Gasteiger partial charge in [-0.25, -0.2) is 0 Å². The van der Waals surface area contributed by atoms with Crippen LogP contribution >= 0.6 is 0 Å². The summed E-state index contributed by atoms with van der Waals surface area (Å²) in [7, 11) is 0. The number of ether oxygens (including phenoxy) is 3. The van der Waals surface area contributed by atoms with Crippen LogP contribution in [0.1, 0.15) is 445 Å². The fraction of sp³-hybridized carbons (Fsp3) is 0.935. The van der Waals surface area contributed by atoms with Crippen molar-refractivity contribution in [1.29, 1.82) is 0 Å². The summed E-state index contributed by atoms with van der Waals surface area (Å²) in [6.07, 6.45) is 88.3. The van der Waals surface area contributed by atoms with Crippen LogP contribution in [0, 0.1) is 0 Å². The minimum absolute atomic E-state index is 0.0619. The van der Waals surface area contributed by atoms with Crippen molar-refractivity contribution in [2.24, 2.45) is 0 Å². The molecule has 0 aliphatic rings. The van der Waals surface area contributed by atoms with Gasteiger partial charge in [-0.3, -0.25) is 14.4 Å². The van der Waals surface area contributed by atoms with Gasteiger partial charge in [-0.1, -0.05) is 392 Å². The van der Waals surface area contributed by atoms with Crippen LogP contribution in [-0.2, 0) is 28.6 Å². The summed E-state index contributed by atoms with van der Waals surface area (Å²) in [5, 5.41) is 0. The highest BCUT2D eigenvalue weighted by molar-refractivity contribution is 5.71. The Morgan fingerprint density at radius 2 is 0.398 bits per heavy atom. The van der Waals surface area contributed by atoms with E-state index in [0.717, 1.165) is 57.8 Å². The highest BCUT2D eigenvalue weighted by Crippen LogP contribution is 2.20. The lowest BCUT2D eigenvalue weighted by molar-refractivity contribution is -0.167. The minimum atomic E-state index is -0.767. The number of esters is 3. The molecule has 6 nitrogen and oxygen atoms in total. The lowest BCUT2D eigenvalue weighted by Crippen LogP contribution is -2.30. The molecule has 0 saturated heterocycles. The molecule has 0 aromatic rings. The summed E-state index contributed by atoms with van der Waals surface area (Å²) in [6, 6.07) is 0. The molecular weight excluding hydrogens is 1020 g/mol. The van der Waals surface area contributed by atoms with Crippen molar-refractivity contribution < 1.29 is 28.6 Å². The number of carbonyl (C=O) groups excluding carboxylic acids is 3. The third-order valence-electron chi connectivity index (χ3n) is 17.8. The fourth-order valence-electron chi connectivity index (χ4n) is 12.0. The zero-order chi connectivity index (χ0) is 59.9. The zero-order valence-corrected chi connectivity index (χ0v) is 56.8. The van der Waals surface area contributed by atoms with Crippen molar-refractivity contribution >= 4 is 17.9 Å². The number of allylic oxidation sites excluding steroid dienone is 2. The van der Waals surface area contributed by atoms with Gasteiger partial charge >= 0.3 is 17.9 Å². The van der Waals surface area contributed by atoms with Crippen molar-refractivity contribution in [2.75, 3.05) is 13.2 Å². The average Bonchev–Trinajstić information content (AvgIpc) is 3.50. The topological polar surface area (TPSA) is 78.9 Å². The van der Waals surface area contributed by atoms with Gasteiger partial charge in [0.25, 0.3) is 0 Å². The molecule has 0 spiro atoms. The lowest BCUT2D eigenvalue weighted by Gasteiger charge is -2.18. The maximum Gasteiger partial charge on any atom is 0.306 e. The van der Waals surface area contributed by atoms with Crippen molar-refractivity contribution in [3.05, 3.63) is 12.2 Å². The van der Waals surface area contributed by atoms with E-state index in [2.05, 4.69) is 32.9 Å². The minimum Gasteiger partial charge on any atom is -0.462 e. The van der Waals surface area contributed by atoms with Crippen LogP contribution < -0.4 is 0 Å². The molecule has 0 radical (unpaired) electrons. The molecule has 0 N–H and O–H groups in total. The van der Waals surface area contributed by atoms with Gasteiger partial charge in [0.1, 0.15) is 13.2 Å². The first-order valence-corrected chi connectivity index (χ1v) is 38.2. The average molecular weight is 1170 g/mol. The molecule has 0 fully saturated rings. The molecule has 0 amide bonds. The standard InChI is InChI=1S/C77H148O6/c1-4-7-10-13-16-19-22-25-28-31-34-36-38-39-40-42-43-46-49-52-55-58-61-64-67-70-76(79)82-73-74(72-81-75(78)69-66-63-60-57-54-51-48-45-33-30-27-24-21-18-15-12-9-6-3)83-77(80)71-68-65-62-59-56-53-50-47-44-41-37-35-32-29-26-23-20-17-14-11-8-5-2/h31,34,74H,4-30,32-33,35-73H2,1-3H3/b34-31-. The third-order valence-corrected chi connectivity index (χ3v) is 17.8. The molecule has 1 unspecified atom stereocenters. The van der Waals surface area contributed by atoms with Crippen LogP contribution in [0.5, 0.6) is 0 Å². The molecule has 6 heteroatoms. The first kappa shape index (κ1) is 81.2. The maximum absolute atomic E-state index is 13.0. The Bertz CT molecular complexity index is 1300. The van der Waals surface area contributed by atoms with Gasteiger partial charge in [0, 0.05) is 19.3 Å².